The highest BCUT2D eigenvalue weighted by Crippen LogP contribution is 2.30. The third-order valence-corrected chi connectivity index (χ3v) is 5.20. The number of rotatable bonds is 6. The summed E-state index contributed by atoms with van der Waals surface area (Å²) in [5.41, 5.74) is 0.989. The molecule has 6 nitrogen and oxygen atoms in total. The number of ether oxygens (including phenoxy) is 1. The molecule has 0 unspecified atom stereocenters. The summed E-state index contributed by atoms with van der Waals surface area (Å²) in [5.74, 6) is 0.858. The Bertz CT molecular complexity index is 769. The molecule has 2 aromatic rings. The molecular weight excluding hydrogens is 356 g/mol. The molecule has 1 amide bonds. The normalized spacial score (nSPS) is 16.4. The van der Waals surface area contributed by atoms with E-state index in [9.17, 15) is 9.90 Å². The van der Waals surface area contributed by atoms with E-state index in [4.69, 9.17) is 20.8 Å². The van der Waals surface area contributed by atoms with Crippen LogP contribution in [0.1, 0.15) is 24.3 Å². The second kappa shape index (κ2) is 8.20. The van der Waals surface area contributed by atoms with E-state index in [1.54, 1.807) is 13.0 Å². The molecule has 3 rings (SSSR count). The molecule has 1 aromatic heterocycles. The van der Waals surface area contributed by atoms with Crippen LogP contribution in [0.5, 0.6) is 0 Å². The number of amides is 1. The van der Waals surface area contributed by atoms with E-state index in [0.29, 0.717) is 47.7 Å². The lowest BCUT2D eigenvalue weighted by Crippen LogP contribution is -2.44. The van der Waals surface area contributed by atoms with E-state index in [1.807, 2.05) is 18.2 Å². The van der Waals surface area contributed by atoms with Crippen LogP contribution in [-0.2, 0) is 16.0 Å². The van der Waals surface area contributed by atoms with Gasteiger partial charge >= 0.3 is 0 Å². The quantitative estimate of drug-likeness (QED) is 0.807. The van der Waals surface area contributed by atoms with Crippen LogP contribution < -0.4 is 5.32 Å². The summed E-state index contributed by atoms with van der Waals surface area (Å²) in [6.07, 6.45) is 1.60. The third kappa shape index (κ3) is 4.26. The van der Waals surface area contributed by atoms with Crippen LogP contribution in [0.15, 0.2) is 28.7 Å². The molecule has 0 saturated carbocycles. The topological polar surface area (TPSA) is 84.6 Å². The molecule has 140 valence electrons. The fourth-order valence-electron chi connectivity index (χ4n) is 3.04. The number of nitrogens with one attached hydrogen (secondary N) is 1. The van der Waals surface area contributed by atoms with Gasteiger partial charge in [-0.15, -0.1) is 0 Å². The Balaban J connectivity index is 1.64. The molecule has 26 heavy (non-hydrogen) atoms. The van der Waals surface area contributed by atoms with Crippen LogP contribution in [0, 0.1) is 12.3 Å². The summed E-state index contributed by atoms with van der Waals surface area (Å²) in [6.45, 7) is 3.47. The minimum absolute atomic E-state index is 0.0380. The number of hydrogen-bond donors (Lipinski definition) is 2. The first-order valence-electron chi connectivity index (χ1n) is 8.69. The number of hydrogen-bond acceptors (Lipinski definition) is 5. The maximum atomic E-state index is 12.3. The lowest BCUT2D eigenvalue weighted by molar-refractivity contribution is -0.121. The fourth-order valence-corrected chi connectivity index (χ4v) is 3.25. The van der Waals surface area contributed by atoms with Crippen molar-refractivity contribution in [3.8, 4) is 11.5 Å². The predicted molar refractivity (Wildman–Crippen MR) is 98.0 cm³/mol. The molecule has 1 fully saturated rings. The molecule has 1 aliphatic heterocycles. The summed E-state index contributed by atoms with van der Waals surface area (Å²) in [7, 11) is 0. The molecule has 2 heterocycles. The molecule has 0 atom stereocenters. The highest BCUT2D eigenvalue weighted by atomic mass is 35.5. The Morgan fingerprint density at radius 1 is 1.35 bits per heavy atom. The van der Waals surface area contributed by atoms with Gasteiger partial charge in [-0.1, -0.05) is 23.7 Å². The molecule has 0 spiro atoms. The lowest BCUT2D eigenvalue weighted by atomic mass is 9.81. The van der Waals surface area contributed by atoms with Crippen molar-refractivity contribution in [3.05, 3.63) is 40.7 Å². The zero-order valence-electron chi connectivity index (χ0n) is 14.8. The summed E-state index contributed by atoms with van der Waals surface area (Å²) in [5, 5.41) is 13.2. The Morgan fingerprint density at radius 3 is 2.77 bits per heavy atom. The number of aliphatic hydroxyl groups is 1. The van der Waals surface area contributed by atoms with Crippen LogP contribution in [0.25, 0.3) is 11.5 Å². The number of carbonyl (C=O) groups excluding carboxylic acids is 1. The number of aromatic nitrogens is 1. The molecule has 1 saturated heterocycles. The van der Waals surface area contributed by atoms with E-state index in [1.165, 1.54) is 0 Å². The largest absolute Gasteiger partial charge is 0.441 e. The van der Waals surface area contributed by atoms with Crippen molar-refractivity contribution in [1.29, 1.82) is 0 Å². The first-order valence-corrected chi connectivity index (χ1v) is 9.07. The number of aliphatic hydroxyl groups excluding tert-OH is 1. The molecule has 0 radical (unpaired) electrons. The van der Waals surface area contributed by atoms with Gasteiger partial charge in [-0.05, 0) is 31.9 Å². The van der Waals surface area contributed by atoms with Gasteiger partial charge in [0.25, 0.3) is 0 Å². The summed E-state index contributed by atoms with van der Waals surface area (Å²) in [4.78, 5) is 16.8. The maximum Gasteiger partial charge on any atom is 0.228 e. The number of benzene rings is 1. The molecule has 1 aromatic carbocycles. The van der Waals surface area contributed by atoms with E-state index in [2.05, 4.69) is 10.3 Å². The van der Waals surface area contributed by atoms with Gasteiger partial charge in [0.15, 0.2) is 0 Å². The van der Waals surface area contributed by atoms with Gasteiger partial charge in [-0.2, -0.15) is 0 Å². The Kier molecular flexibility index (Phi) is 5.96. The van der Waals surface area contributed by atoms with Gasteiger partial charge < -0.3 is 19.6 Å². The van der Waals surface area contributed by atoms with Crippen LogP contribution in [0.2, 0.25) is 5.02 Å². The summed E-state index contributed by atoms with van der Waals surface area (Å²) >= 11 is 6.18. The average molecular weight is 379 g/mol. The van der Waals surface area contributed by atoms with E-state index >= 15 is 0 Å². The van der Waals surface area contributed by atoms with Crippen LogP contribution in [0.4, 0.5) is 0 Å². The summed E-state index contributed by atoms with van der Waals surface area (Å²) in [6, 6.07) is 7.29. The van der Waals surface area contributed by atoms with E-state index in [-0.39, 0.29) is 24.3 Å². The van der Waals surface area contributed by atoms with Crippen molar-refractivity contribution in [2.45, 2.75) is 26.2 Å². The molecule has 7 heteroatoms. The fraction of sp³-hybridized carbons (Fsp3) is 0.474. The van der Waals surface area contributed by atoms with Gasteiger partial charge in [0.05, 0.1) is 29.3 Å². The van der Waals surface area contributed by atoms with Gasteiger partial charge in [-0.3, -0.25) is 4.79 Å². The van der Waals surface area contributed by atoms with Crippen LogP contribution in [0.3, 0.4) is 0 Å². The monoisotopic (exact) mass is 378 g/mol. The number of oxazole rings is 1. The van der Waals surface area contributed by atoms with Crippen molar-refractivity contribution in [3.63, 3.8) is 0 Å². The maximum absolute atomic E-state index is 12.3. The number of carbonyl (C=O) groups is 1. The third-order valence-electron chi connectivity index (χ3n) is 4.87. The van der Waals surface area contributed by atoms with Crippen molar-refractivity contribution >= 4 is 17.5 Å². The predicted octanol–water partition coefficient (Wildman–Crippen LogP) is 2.75. The highest BCUT2D eigenvalue weighted by Gasteiger charge is 2.32. The van der Waals surface area contributed by atoms with Crippen LogP contribution in [-0.4, -0.2) is 42.4 Å². The first kappa shape index (κ1) is 18.9. The van der Waals surface area contributed by atoms with E-state index < -0.39 is 0 Å². The van der Waals surface area contributed by atoms with E-state index in [0.717, 1.165) is 12.8 Å². The highest BCUT2D eigenvalue weighted by molar-refractivity contribution is 6.33. The Morgan fingerprint density at radius 2 is 2.08 bits per heavy atom. The lowest BCUT2D eigenvalue weighted by Gasteiger charge is -2.35. The number of aryl methyl sites for hydroxylation is 1. The zero-order valence-corrected chi connectivity index (χ0v) is 15.5. The SMILES string of the molecule is Cc1oc(-c2ccccc2Cl)nc1CC(=O)NCC1(CO)CCOCC1. The Labute approximate surface area is 157 Å². The summed E-state index contributed by atoms with van der Waals surface area (Å²) < 4.78 is 11.0. The van der Waals surface area contributed by atoms with Crippen molar-refractivity contribution in [2.24, 2.45) is 5.41 Å². The van der Waals surface area contributed by atoms with Crippen molar-refractivity contribution < 1.29 is 19.1 Å². The van der Waals surface area contributed by atoms with Gasteiger partial charge in [0, 0.05) is 25.2 Å². The first-order chi connectivity index (χ1) is 12.5. The smallest absolute Gasteiger partial charge is 0.228 e. The van der Waals surface area contributed by atoms with Gasteiger partial charge in [0.1, 0.15) is 5.76 Å². The molecule has 0 bridgehead atoms. The zero-order chi connectivity index (χ0) is 18.6. The minimum atomic E-state index is -0.296. The number of halogens is 1. The second-order valence-corrected chi connectivity index (χ2v) is 7.13. The minimum Gasteiger partial charge on any atom is -0.441 e. The standard InChI is InChI=1S/C19H23ClN2O4/c1-13-16(22-18(26-13)14-4-2-3-5-15(14)20)10-17(24)21-11-19(12-23)6-8-25-9-7-19/h2-5,23H,6-12H2,1H3,(H,21,24). The Hall–Kier alpha value is -1.89. The van der Waals surface area contributed by atoms with Crippen LogP contribution >= 0.6 is 11.6 Å². The van der Waals surface area contributed by atoms with Gasteiger partial charge in [-0.25, -0.2) is 4.98 Å². The van der Waals surface area contributed by atoms with Crippen molar-refractivity contribution in [1.82, 2.24) is 10.3 Å². The molecule has 0 aliphatic carbocycles. The average Bonchev–Trinajstić information content (AvgIpc) is 3.01. The molecule has 2 N–H and O–H groups in total. The molecule has 1 aliphatic rings. The number of nitrogens with zero attached hydrogens (tertiary/aromatic N) is 1. The van der Waals surface area contributed by atoms with Gasteiger partial charge in [0.2, 0.25) is 11.8 Å². The van der Waals surface area contributed by atoms with Crippen molar-refractivity contribution in [2.75, 3.05) is 26.4 Å². The second-order valence-electron chi connectivity index (χ2n) is 6.73. The molecular formula is C19H23ClN2O4.